The van der Waals surface area contributed by atoms with Crippen LogP contribution in [0.15, 0.2) is 42.5 Å². The predicted octanol–water partition coefficient (Wildman–Crippen LogP) is 5.28. The van der Waals surface area contributed by atoms with Gasteiger partial charge in [0.25, 0.3) is 0 Å². The van der Waals surface area contributed by atoms with E-state index in [-0.39, 0.29) is 11.5 Å². The van der Waals surface area contributed by atoms with E-state index in [2.05, 4.69) is 10.1 Å². The number of hydrogen-bond acceptors (Lipinski definition) is 3. The molecular formula is C19H19ClF3NO2. The van der Waals surface area contributed by atoms with E-state index in [9.17, 15) is 13.2 Å². The van der Waals surface area contributed by atoms with Gasteiger partial charge >= 0.3 is 6.36 Å². The summed E-state index contributed by atoms with van der Waals surface area (Å²) in [5, 5.41) is 3.80. The lowest BCUT2D eigenvalue weighted by Gasteiger charge is -2.23. The van der Waals surface area contributed by atoms with Gasteiger partial charge in [0, 0.05) is 5.02 Å². The fraction of sp³-hybridized carbons (Fsp3) is 0.368. The standard InChI is InChI=1S/C19H19ClF3NO2/c20-16-3-1-2-14(10-16)15-4-5-17(26-19(21,22)23)18(11-15)25-12-13-6-8-24-9-7-13/h1-5,10-11,13,24H,6-9,12H2. The number of rotatable bonds is 5. The van der Waals surface area contributed by atoms with Crippen molar-refractivity contribution in [3.05, 3.63) is 47.5 Å². The molecule has 1 aliphatic heterocycles. The Morgan fingerprint density at radius 2 is 1.73 bits per heavy atom. The van der Waals surface area contributed by atoms with Crippen LogP contribution in [0.25, 0.3) is 11.1 Å². The first-order valence-electron chi connectivity index (χ1n) is 8.40. The molecule has 7 heteroatoms. The molecule has 0 unspecified atom stereocenters. The minimum absolute atomic E-state index is 0.0818. The highest BCUT2D eigenvalue weighted by Crippen LogP contribution is 2.37. The van der Waals surface area contributed by atoms with E-state index in [4.69, 9.17) is 16.3 Å². The number of benzene rings is 2. The lowest BCUT2D eigenvalue weighted by molar-refractivity contribution is -0.275. The van der Waals surface area contributed by atoms with E-state index in [1.54, 1.807) is 30.3 Å². The minimum atomic E-state index is -4.77. The van der Waals surface area contributed by atoms with Crippen LogP contribution < -0.4 is 14.8 Å². The third kappa shape index (κ3) is 5.29. The van der Waals surface area contributed by atoms with Gasteiger partial charge in [0.2, 0.25) is 0 Å². The molecule has 1 aliphatic rings. The average molecular weight is 386 g/mol. The second-order valence-electron chi connectivity index (χ2n) is 6.22. The highest BCUT2D eigenvalue weighted by molar-refractivity contribution is 6.30. The summed E-state index contributed by atoms with van der Waals surface area (Å²) in [4.78, 5) is 0. The van der Waals surface area contributed by atoms with E-state index in [1.807, 2.05) is 6.07 Å². The Balaban J connectivity index is 1.84. The minimum Gasteiger partial charge on any atom is -0.489 e. The molecule has 3 nitrogen and oxygen atoms in total. The van der Waals surface area contributed by atoms with Gasteiger partial charge in [-0.2, -0.15) is 0 Å². The normalized spacial score (nSPS) is 15.7. The van der Waals surface area contributed by atoms with Gasteiger partial charge in [-0.3, -0.25) is 0 Å². The number of halogens is 4. The zero-order chi connectivity index (χ0) is 18.6. The zero-order valence-corrected chi connectivity index (χ0v) is 14.7. The molecule has 1 fully saturated rings. The number of piperidine rings is 1. The molecule has 0 bridgehead atoms. The summed E-state index contributed by atoms with van der Waals surface area (Å²) in [5.41, 5.74) is 1.50. The van der Waals surface area contributed by atoms with Gasteiger partial charge in [-0.25, -0.2) is 0 Å². The fourth-order valence-corrected chi connectivity index (χ4v) is 3.12. The molecule has 0 atom stereocenters. The largest absolute Gasteiger partial charge is 0.573 e. The molecule has 1 saturated heterocycles. The molecule has 140 valence electrons. The van der Waals surface area contributed by atoms with Gasteiger partial charge in [0.1, 0.15) is 0 Å². The lowest BCUT2D eigenvalue weighted by Crippen LogP contribution is -2.30. The average Bonchev–Trinajstić information content (AvgIpc) is 2.60. The molecule has 0 radical (unpaired) electrons. The Hall–Kier alpha value is -1.92. The molecule has 2 aromatic rings. The van der Waals surface area contributed by atoms with Crippen LogP contribution in [-0.2, 0) is 0 Å². The maximum atomic E-state index is 12.7. The van der Waals surface area contributed by atoms with E-state index < -0.39 is 6.36 Å². The van der Waals surface area contributed by atoms with Crippen LogP contribution in [-0.4, -0.2) is 26.1 Å². The smallest absolute Gasteiger partial charge is 0.489 e. The predicted molar refractivity (Wildman–Crippen MR) is 94.7 cm³/mol. The monoisotopic (exact) mass is 385 g/mol. The van der Waals surface area contributed by atoms with Crippen molar-refractivity contribution in [1.29, 1.82) is 0 Å². The summed E-state index contributed by atoms with van der Waals surface area (Å²) in [6.07, 6.45) is -2.91. The molecule has 0 saturated carbocycles. The Morgan fingerprint density at radius 3 is 2.42 bits per heavy atom. The van der Waals surface area contributed by atoms with Crippen LogP contribution in [0.5, 0.6) is 11.5 Å². The summed E-state index contributed by atoms with van der Waals surface area (Å²) in [6.45, 7) is 2.14. The summed E-state index contributed by atoms with van der Waals surface area (Å²) >= 11 is 6.01. The van der Waals surface area contributed by atoms with Gasteiger partial charge in [-0.1, -0.05) is 29.8 Å². The van der Waals surface area contributed by atoms with Gasteiger partial charge in [-0.05, 0) is 67.2 Å². The van der Waals surface area contributed by atoms with Crippen molar-refractivity contribution in [2.24, 2.45) is 5.92 Å². The van der Waals surface area contributed by atoms with Crippen LogP contribution >= 0.6 is 11.6 Å². The van der Waals surface area contributed by atoms with Crippen molar-refractivity contribution in [2.75, 3.05) is 19.7 Å². The van der Waals surface area contributed by atoms with Crippen LogP contribution in [0.1, 0.15) is 12.8 Å². The Morgan fingerprint density at radius 1 is 1.00 bits per heavy atom. The van der Waals surface area contributed by atoms with Crippen molar-refractivity contribution in [2.45, 2.75) is 19.2 Å². The van der Waals surface area contributed by atoms with Crippen molar-refractivity contribution in [3.63, 3.8) is 0 Å². The van der Waals surface area contributed by atoms with Crippen LogP contribution in [0, 0.1) is 5.92 Å². The molecule has 2 aromatic carbocycles. The SMILES string of the molecule is FC(F)(F)Oc1ccc(-c2cccc(Cl)c2)cc1OCC1CCNCC1. The maximum absolute atomic E-state index is 12.7. The summed E-state index contributed by atoms with van der Waals surface area (Å²) < 4.78 is 47.9. The van der Waals surface area contributed by atoms with E-state index in [1.165, 1.54) is 6.07 Å². The quantitative estimate of drug-likeness (QED) is 0.759. The van der Waals surface area contributed by atoms with Gasteiger partial charge in [-0.15, -0.1) is 13.2 Å². The summed E-state index contributed by atoms with van der Waals surface area (Å²) in [7, 11) is 0. The van der Waals surface area contributed by atoms with Crippen molar-refractivity contribution < 1.29 is 22.6 Å². The molecule has 0 aromatic heterocycles. The van der Waals surface area contributed by atoms with Gasteiger partial charge in [0.05, 0.1) is 6.61 Å². The van der Waals surface area contributed by atoms with Gasteiger partial charge in [0.15, 0.2) is 11.5 Å². The first-order chi connectivity index (χ1) is 12.4. The van der Waals surface area contributed by atoms with Gasteiger partial charge < -0.3 is 14.8 Å². The van der Waals surface area contributed by atoms with Crippen LogP contribution in [0.3, 0.4) is 0 Å². The third-order valence-corrected chi connectivity index (χ3v) is 4.50. The van der Waals surface area contributed by atoms with E-state index in [0.717, 1.165) is 31.5 Å². The molecule has 3 rings (SSSR count). The molecule has 1 N–H and O–H groups in total. The third-order valence-electron chi connectivity index (χ3n) is 4.26. The lowest BCUT2D eigenvalue weighted by atomic mass is 9.99. The maximum Gasteiger partial charge on any atom is 0.573 e. The Labute approximate surface area is 155 Å². The molecule has 0 amide bonds. The molecular weight excluding hydrogens is 367 g/mol. The first-order valence-corrected chi connectivity index (χ1v) is 8.78. The Kier molecular flexibility index (Phi) is 5.94. The number of nitrogens with one attached hydrogen (secondary N) is 1. The summed E-state index contributed by atoms with van der Waals surface area (Å²) in [5.74, 6) is 0.0559. The molecule has 26 heavy (non-hydrogen) atoms. The second kappa shape index (κ2) is 8.18. The fourth-order valence-electron chi connectivity index (χ4n) is 2.93. The van der Waals surface area contributed by atoms with E-state index >= 15 is 0 Å². The first kappa shape index (κ1) is 18.9. The second-order valence-corrected chi connectivity index (χ2v) is 6.66. The van der Waals surface area contributed by atoms with Crippen molar-refractivity contribution in [3.8, 4) is 22.6 Å². The van der Waals surface area contributed by atoms with Crippen molar-refractivity contribution >= 4 is 11.6 Å². The highest BCUT2D eigenvalue weighted by Gasteiger charge is 2.32. The molecule has 0 aliphatic carbocycles. The highest BCUT2D eigenvalue weighted by atomic mass is 35.5. The van der Waals surface area contributed by atoms with Crippen molar-refractivity contribution in [1.82, 2.24) is 5.32 Å². The van der Waals surface area contributed by atoms with E-state index in [0.29, 0.717) is 23.1 Å². The number of alkyl halides is 3. The summed E-state index contributed by atoms with van der Waals surface area (Å²) in [6, 6.07) is 11.5. The topological polar surface area (TPSA) is 30.5 Å². The number of hydrogen-bond donors (Lipinski definition) is 1. The van der Waals surface area contributed by atoms with Crippen LogP contribution in [0.2, 0.25) is 5.02 Å². The Bertz CT molecular complexity index is 746. The molecule has 0 spiro atoms. The van der Waals surface area contributed by atoms with Crippen LogP contribution in [0.4, 0.5) is 13.2 Å². The zero-order valence-electron chi connectivity index (χ0n) is 14.0. The molecule has 1 heterocycles. The number of ether oxygens (including phenoxy) is 2.